The van der Waals surface area contributed by atoms with Crippen LogP contribution in [0.15, 0.2) is 85.5 Å². The first kappa shape index (κ1) is 18.7. The minimum atomic E-state index is -0.250. The second kappa shape index (κ2) is 7.87. The second-order valence-electron chi connectivity index (χ2n) is 7.35. The molecular formula is C24H20N6O. The van der Waals surface area contributed by atoms with Crippen molar-refractivity contribution in [2.24, 2.45) is 0 Å². The van der Waals surface area contributed by atoms with Gasteiger partial charge in [-0.1, -0.05) is 42.0 Å². The minimum Gasteiger partial charge on any atom is -0.322 e. The van der Waals surface area contributed by atoms with Crippen LogP contribution in [0.5, 0.6) is 0 Å². The Bertz CT molecular complexity index is 1350. The molecule has 0 saturated heterocycles. The molecule has 7 nitrogen and oxygen atoms in total. The zero-order chi connectivity index (χ0) is 21.2. The lowest BCUT2D eigenvalue weighted by Gasteiger charge is -2.08. The predicted molar refractivity (Wildman–Crippen MR) is 119 cm³/mol. The molecule has 0 atom stereocenters. The van der Waals surface area contributed by atoms with Gasteiger partial charge >= 0.3 is 0 Å². The van der Waals surface area contributed by atoms with Gasteiger partial charge in [-0.25, -0.2) is 9.50 Å². The second-order valence-corrected chi connectivity index (χ2v) is 7.35. The number of fused-ring (bicyclic) bond motifs is 1. The molecule has 0 aliphatic carbocycles. The van der Waals surface area contributed by atoms with Crippen molar-refractivity contribution < 1.29 is 4.79 Å². The third-order valence-corrected chi connectivity index (χ3v) is 5.08. The number of nitrogens with one attached hydrogen (secondary N) is 1. The summed E-state index contributed by atoms with van der Waals surface area (Å²) in [6.45, 7) is 2.68. The first-order chi connectivity index (χ1) is 15.2. The van der Waals surface area contributed by atoms with E-state index in [9.17, 15) is 4.79 Å². The van der Waals surface area contributed by atoms with Crippen LogP contribution in [0.3, 0.4) is 0 Å². The summed E-state index contributed by atoms with van der Waals surface area (Å²) < 4.78 is 3.54. The van der Waals surface area contributed by atoms with Gasteiger partial charge in [0.1, 0.15) is 5.56 Å². The van der Waals surface area contributed by atoms with Gasteiger partial charge in [0.25, 0.3) is 5.91 Å². The molecule has 5 aromatic rings. The molecular weight excluding hydrogens is 388 g/mol. The molecule has 0 unspecified atom stereocenters. The summed E-state index contributed by atoms with van der Waals surface area (Å²) in [7, 11) is 0. The van der Waals surface area contributed by atoms with Crippen molar-refractivity contribution in [3.05, 3.63) is 102 Å². The molecule has 5 rings (SSSR count). The van der Waals surface area contributed by atoms with Crippen LogP contribution < -0.4 is 5.32 Å². The quantitative estimate of drug-likeness (QED) is 0.473. The van der Waals surface area contributed by atoms with Crippen LogP contribution in [0.1, 0.15) is 21.5 Å². The van der Waals surface area contributed by atoms with E-state index in [4.69, 9.17) is 0 Å². The van der Waals surface area contributed by atoms with E-state index in [2.05, 4.69) is 32.6 Å². The third-order valence-electron chi connectivity index (χ3n) is 5.08. The highest BCUT2D eigenvalue weighted by Gasteiger charge is 2.16. The number of anilines is 1. The van der Waals surface area contributed by atoms with E-state index in [1.54, 1.807) is 23.1 Å². The Kier molecular flexibility index (Phi) is 4.76. The standard InChI is InChI=1S/C24H20N6O/c1-17-6-8-19(9-7-17)22-10-12-25-23-21(15-27-30(22)23)24(31)28-20-5-2-4-18(14-20)16-29-13-3-11-26-29/h2-15H,16H2,1H3,(H,28,31). The fourth-order valence-electron chi connectivity index (χ4n) is 3.52. The molecule has 0 bridgehead atoms. The van der Waals surface area contributed by atoms with E-state index in [0.29, 0.717) is 23.4 Å². The summed E-state index contributed by atoms with van der Waals surface area (Å²) in [6.07, 6.45) is 6.91. The molecule has 2 aromatic carbocycles. The molecule has 7 heteroatoms. The lowest BCUT2D eigenvalue weighted by atomic mass is 10.1. The number of hydrogen-bond acceptors (Lipinski definition) is 4. The van der Waals surface area contributed by atoms with Crippen molar-refractivity contribution >= 4 is 17.2 Å². The van der Waals surface area contributed by atoms with Crippen LogP contribution in [-0.4, -0.2) is 30.3 Å². The summed E-state index contributed by atoms with van der Waals surface area (Å²) in [5.41, 5.74) is 5.77. The fraction of sp³-hybridized carbons (Fsp3) is 0.0833. The lowest BCUT2D eigenvalue weighted by Crippen LogP contribution is -2.12. The highest BCUT2D eigenvalue weighted by atomic mass is 16.1. The summed E-state index contributed by atoms with van der Waals surface area (Å²) >= 11 is 0. The van der Waals surface area contributed by atoms with Gasteiger partial charge in [-0.2, -0.15) is 10.2 Å². The van der Waals surface area contributed by atoms with Crippen molar-refractivity contribution in [3.63, 3.8) is 0 Å². The Balaban J connectivity index is 1.42. The average molecular weight is 408 g/mol. The van der Waals surface area contributed by atoms with Crippen molar-refractivity contribution in [3.8, 4) is 11.3 Å². The zero-order valence-corrected chi connectivity index (χ0v) is 16.9. The molecule has 0 saturated carbocycles. The maximum atomic E-state index is 13.0. The van der Waals surface area contributed by atoms with Gasteiger partial charge in [0.15, 0.2) is 5.65 Å². The van der Waals surface area contributed by atoms with E-state index in [-0.39, 0.29) is 5.91 Å². The molecule has 0 aliphatic rings. The fourth-order valence-corrected chi connectivity index (χ4v) is 3.52. The molecule has 1 N–H and O–H groups in total. The number of hydrogen-bond donors (Lipinski definition) is 1. The topological polar surface area (TPSA) is 77.1 Å². The molecule has 3 aromatic heterocycles. The molecule has 3 heterocycles. The van der Waals surface area contributed by atoms with Crippen molar-refractivity contribution in [2.75, 3.05) is 5.32 Å². The molecule has 0 radical (unpaired) electrons. The molecule has 1 amide bonds. The first-order valence-electron chi connectivity index (χ1n) is 9.95. The summed E-state index contributed by atoms with van der Waals surface area (Å²) in [6, 6.07) is 19.7. The van der Waals surface area contributed by atoms with Gasteiger partial charge in [-0.15, -0.1) is 0 Å². The molecule has 0 fully saturated rings. The maximum absolute atomic E-state index is 13.0. The van der Waals surface area contributed by atoms with Gasteiger partial charge in [0, 0.05) is 29.8 Å². The monoisotopic (exact) mass is 408 g/mol. The SMILES string of the molecule is Cc1ccc(-c2ccnc3c(C(=O)Nc4cccc(Cn5cccn5)c4)cnn23)cc1. The van der Waals surface area contributed by atoms with Crippen molar-refractivity contribution in [1.29, 1.82) is 0 Å². The van der Waals surface area contributed by atoms with E-state index in [0.717, 1.165) is 16.8 Å². The predicted octanol–water partition coefficient (Wildman–Crippen LogP) is 4.20. The van der Waals surface area contributed by atoms with Crippen LogP contribution in [0.25, 0.3) is 16.9 Å². The van der Waals surface area contributed by atoms with Gasteiger partial charge in [-0.05, 0) is 36.8 Å². The first-order valence-corrected chi connectivity index (χ1v) is 9.95. The molecule has 0 aliphatic heterocycles. The van der Waals surface area contributed by atoms with Crippen LogP contribution in [-0.2, 0) is 6.54 Å². The number of aryl methyl sites for hydroxylation is 1. The number of benzene rings is 2. The third kappa shape index (κ3) is 3.81. The van der Waals surface area contributed by atoms with Gasteiger partial charge in [0.2, 0.25) is 0 Å². The van der Waals surface area contributed by atoms with Crippen molar-refractivity contribution in [2.45, 2.75) is 13.5 Å². The molecule has 152 valence electrons. The number of aromatic nitrogens is 5. The van der Waals surface area contributed by atoms with Gasteiger partial charge in [-0.3, -0.25) is 9.48 Å². The highest BCUT2D eigenvalue weighted by Crippen LogP contribution is 2.22. The number of nitrogens with zero attached hydrogens (tertiary/aromatic N) is 5. The van der Waals surface area contributed by atoms with Crippen LogP contribution in [0.4, 0.5) is 5.69 Å². The number of carbonyl (C=O) groups excluding carboxylic acids is 1. The lowest BCUT2D eigenvalue weighted by molar-refractivity contribution is 0.102. The Morgan fingerprint density at radius 3 is 2.68 bits per heavy atom. The largest absolute Gasteiger partial charge is 0.322 e. The number of carbonyl (C=O) groups is 1. The van der Waals surface area contributed by atoms with E-state index >= 15 is 0 Å². The van der Waals surface area contributed by atoms with Crippen LogP contribution in [0, 0.1) is 6.92 Å². The van der Waals surface area contributed by atoms with Crippen LogP contribution in [0.2, 0.25) is 0 Å². The normalized spacial score (nSPS) is 11.0. The van der Waals surface area contributed by atoms with E-state index in [1.807, 2.05) is 66.3 Å². The number of rotatable bonds is 5. The van der Waals surface area contributed by atoms with Crippen LogP contribution >= 0.6 is 0 Å². The summed E-state index contributed by atoms with van der Waals surface area (Å²) in [5.74, 6) is -0.250. The highest BCUT2D eigenvalue weighted by molar-refractivity contribution is 6.08. The Morgan fingerprint density at radius 1 is 1.00 bits per heavy atom. The minimum absolute atomic E-state index is 0.250. The summed E-state index contributed by atoms with van der Waals surface area (Å²) in [4.78, 5) is 17.4. The van der Waals surface area contributed by atoms with Gasteiger partial charge in [0.05, 0.1) is 18.4 Å². The summed E-state index contributed by atoms with van der Waals surface area (Å²) in [5, 5.41) is 11.6. The smallest absolute Gasteiger partial charge is 0.261 e. The zero-order valence-electron chi connectivity index (χ0n) is 16.9. The van der Waals surface area contributed by atoms with Gasteiger partial charge < -0.3 is 5.32 Å². The average Bonchev–Trinajstić information content (AvgIpc) is 3.44. The Hall–Kier alpha value is -4.26. The Morgan fingerprint density at radius 2 is 1.87 bits per heavy atom. The van der Waals surface area contributed by atoms with E-state index in [1.165, 1.54) is 5.56 Å². The maximum Gasteiger partial charge on any atom is 0.261 e. The Labute approximate surface area is 179 Å². The molecule has 0 spiro atoms. The van der Waals surface area contributed by atoms with Crippen molar-refractivity contribution in [1.82, 2.24) is 24.4 Å². The number of amides is 1. The molecule has 31 heavy (non-hydrogen) atoms. The van der Waals surface area contributed by atoms with E-state index < -0.39 is 0 Å².